The third kappa shape index (κ3) is 6.29. The molecule has 0 atom stereocenters. The number of nitrogens with one attached hydrogen (secondary N) is 1. The molecule has 7 heteroatoms. The van der Waals surface area contributed by atoms with E-state index in [-0.39, 0.29) is 5.91 Å². The molecule has 4 aromatic carbocycles. The monoisotopic (exact) mass is 503 g/mol. The van der Waals surface area contributed by atoms with Gasteiger partial charge in [-0.3, -0.25) is 4.79 Å². The molecule has 0 aliphatic rings. The Morgan fingerprint density at radius 1 is 0.833 bits per heavy atom. The van der Waals surface area contributed by atoms with Gasteiger partial charge in [-0.15, -0.1) is 0 Å². The molecule has 1 N–H and O–H groups in total. The molecule has 4 rings (SSSR count). The molecule has 0 fully saturated rings. The van der Waals surface area contributed by atoms with E-state index in [1.54, 1.807) is 43.5 Å². The molecular formula is C29H26ClNO5. The molecule has 36 heavy (non-hydrogen) atoms. The molecule has 4 aromatic rings. The van der Waals surface area contributed by atoms with Gasteiger partial charge in [-0.1, -0.05) is 54.1 Å². The average Bonchev–Trinajstić information content (AvgIpc) is 2.90. The van der Waals surface area contributed by atoms with Gasteiger partial charge in [-0.05, 0) is 61.0 Å². The molecule has 0 aliphatic carbocycles. The number of hydrogen-bond donors (Lipinski definition) is 1. The van der Waals surface area contributed by atoms with Gasteiger partial charge in [0.1, 0.15) is 12.4 Å². The van der Waals surface area contributed by atoms with Crippen molar-refractivity contribution in [2.75, 3.05) is 19.0 Å². The highest BCUT2D eigenvalue weighted by Gasteiger charge is 2.17. The van der Waals surface area contributed by atoms with Crippen molar-refractivity contribution in [2.24, 2.45) is 0 Å². The summed E-state index contributed by atoms with van der Waals surface area (Å²) in [6.07, 6.45) is 0. The largest absolute Gasteiger partial charge is 0.493 e. The molecule has 0 heterocycles. The minimum absolute atomic E-state index is 0.294. The quantitative estimate of drug-likeness (QED) is 0.245. The summed E-state index contributed by atoms with van der Waals surface area (Å²) in [7, 11) is 1.59. The molecule has 0 saturated carbocycles. The molecule has 0 unspecified atom stereocenters. The zero-order valence-electron chi connectivity index (χ0n) is 20.0. The fourth-order valence-corrected chi connectivity index (χ4v) is 3.74. The highest BCUT2D eigenvalue weighted by molar-refractivity contribution is 6.32. The molecule has 6 nitrogen and oxygen atoms in total. The van der Waals surface area contributed by atoms with Gasteiger partial charge in [-0.2, -0.15) is 0 Å². The third-order valence-electron chi connectivity index (χ3n) is 5.21. The summed E-state index contributed by atoms with van der Waals surface area (Å²) in [5.41, 5.74) is 1.95. The van der Waals surface area contributed by atoms with E-state index in [0.29, 0.717) is 58.2 Å². The van der Waals surface area contributed by atoms with E-state index in [1.165, 1.54) is 0 Å². The number of para-hydroxylation sites is 2. The number of amides is 1. The zero-order valence-corrected chi connectivity index (χ0v) is 20.7. The third-order valence-corrected chi connectivity index (χ3v) is 5.49. The van der Waals surface area contributed by atoms with Crippen LogP contribution in [-0.4, -0.2) is 19.6 Å². The molecule has 184 valence electrons. The number of ether oxygens (including phenoxy) is 4. The fraction of sp³-hybridized carbons (Fsp3) is 0.138. The van der Waals surface area contributed by atoms with Crippen LogP contribution in [0.3, 0.4) is 0 Å². The van der Waals surface area contributed by atoms with Crippen molar-refractivity contribution in [3.63, 3.8) is 0 Å². The summed E-state index contributed by atoms with van der Waals surface area (Å²) < 4.78 is 22.8. The maximum Gasteiger partial charge on any atom is 0.255 e. The molecule has 0 spiro atoms. The summed E-state index contributed by atoms with van der Waals surface area (Å²) in [4.78, 5) is 13.0. The van der Waals surface area contributed by atoms with Crippen molar-refractivity contribution in [2.45, 2.75) is 13.5 Å². The summed E-state index contributed by atoms with van der Waals surface area (Å²) in [5, 5.41) is 3.17. The lowest BCUT2D eigenvalue weighted by molar-refractivity contribution is 0.102. The first kappa shape index (κ1) is 24.9. The number of hydrogen-bond acceptors (Lipinski definition) is 5. The van der Waals surface area contributed by atoms with Gasteiger partial charge < -0.3 is 24.3 Å². The lowest BCUT2D eigenvalue weighted by Crippen LogP contribution is -2.12. The fourth-order valence-electron chi connectivity index (χ4n) is 3.47. The molecule has 0 aromatic heterocycles. The van der Waals surface area contributed by atoms with Crippen molar-refractivity contribution in [1.82, 2.24) is 0 Å². The number of carbonyl (C=O) groups excluding carboxylic acids is 1. The van der Waals surface area contributed by atoms with Gasteiger partial charge in [0.15, 0.2) is 23.0 Å². The Kier molecular flexibility index (Phi) is 8.32. The van der Waals surface area contributed by atoms with E-state index < -0.39 is 0 Å². The summed E-state index contributed by atoms with van der Waals surface area (Å²) in [5.74, 6) is 2.32. The first-order valence-corrected chi connectivity index (χ1v) is 11.8. The number of rotatable bonds is 10. The second-order valence-electron chi connectivity index (χ2n) is 7.72. The van der Waals surface area contributed by atoms with E-state index in [2.05, 4.69) is 5.32 Å². The van der Waals surface area contributed by atoms with Crippen LogP contribution in [-0.2, 0) is 6.61 Å². The standard InChI is InChI=1S/C29H26ClNO5/c1-3-34-27-18-21(17-24(30)28(27)35-19-20-9-5-4-6-10-20)29(32)31-22-13-15-23(16-14-22)36-26-12-8-7-11-25(26)33-2/h4-18H,3,19H2,1-2H3,(H,31,32). The van der Waals surface area contributed by atoms with Gasteiger partial charge in [0.2, 0.25) is 0 Å². The highest BCUT2D eigenvalue weighted by atomic mass is 35.5. The van der Waals surface area contributed by atoms with Crippen LogP contribution in [0.15, 0.2) is 91.0 Å². The second-order valence-corrected chi connectivity index (χ2v) is 8.13. The topological polar surface area (TPSA) is 66.0 Å². The van der Waals surface area contributed by atoms with E-state index >= 15 is 0 Å². The van der Waals surface area contributed by atoms with E-state index in [0.717, 1.165) is 5.56 Å². The lowest BCUT2D eigenvalue weighted by Gasteiger charge is -2.15. The van der Waals surface area contributed by atoms with Crippen LogP contribution in [0.25, 0.3) is 0 Å². The smallest absolute Gasteiger partial charge is 0.255 e. The van der Waals surface area contributed by atoms with Gasteiger partial charge in [0, 0.05) is 11.3 Å². The number of benzene rings is 4. The highest BCUT2D eigenvalue weighted by Crippen LogP contribution is 2.37. The lowest BCUT2D eigenvalue weighted by atomic mass is 10.1. The van der Waals surface area contributed by atoms with Gasteiger partial charge in [0.25, 0.3) is 5.91 Å². The first-order chi connectivity index (χ1) is 17.6. The number of methoxy groups -OCH3 is 1. The Morgan fingerprint density at radius 2 is 1.53 bits per heavy atom. The maximum atomic E-state index is 13.0. The van der Waals surface area contributed by atoms with Crippen LogP contribution in [0.5, 0.6) is 28.7 Å². The number of anilines is 1. The van der Waals surface area contributed by atoms with Gasteiger partial charge in [-0.25, -0.2) is 0 Å². The minimum atomic E-state index is -0.328. The van der Waals surface area contributed by atoms with Gasteiger partial charge in [0.05, 0.1) is 18.7 Å². The Balaban J connectivity index is 1.46. The van der Waals surface area contributed by atoms with Crippen molar-refractivity contribution in [1.29, 1.82) is 0 Å². The van der Waals surface area contributed by atoms with E-state index in [9.17, 15) is 4.79 Å². The van der Waals surface area contributed by atoms with Crippen molar-refractivity contribution >= 4 is 23.2 Å². The molecule has 0 radical (unpaired) electrons. The Hall–Kier alpha value is -4.16. The summed E-state index contributed by atoms with van der Waals surface area (Å²) in [6, 6.07) is 27.4. The minimum Gasteiger partial charge on any atom is -0.493 e. The maximum absolute atomic E-state index is 13.0. The zero-order chi connectivity index (χ0) is 25.3. The molecule has 1 amide bonds. The van der Waals surface area contributed by atoms with E-state index in [4.69, 9.17) is 30.5 Å². The van der Waals surface area contributed by atoms with Crippen LogP contribution in [0.2, 0.25) is 5.02 Å². The second kappa shape index (κ2) is 12.0. The summed E-state index contributed by atoms with van der Waals surface area (Å²) >= 11 is 6.49. The van der Waals surface area contributed by atoms with Crippen molar-refractivity contribution in [3.8, 4) is 28.7 Å². The molecule has 0 bridgehead atoms. The van der Waals surface area contributed by atoms with E-state index in [1.807, 2.05) is 61.5 Å². The molecule has 0 saturated heterocycles. The predicted molar refractivity (Wildman–Crippen MR) is 141 cm³/mol. The van der Waals surface area contributed by atoms with Crippen LogP contribution in [0.4, 0.5) is 5.69 Å². The summed E-state index contributed by atoms with van der Waals surface area (Å²) in [6.45, 7) is 2.59. The SMILES string of the molecule is CCOc1cc(C(=O)Nc2ccc(Oc3ccccc3OC)cc2)cc(Cl)c1OCc1ccccc1. The predicted octanol–water partition coefficient (Wildman–Crippen LogP) is 7.37. The van der Waals surface area contributed by atoms with Crippen LogP contribution in [0, 0.1) is 0 Å². The Morgan fingerprint density at radius 3 is 2.22 bits per heavy atom. The van der Waals surface area contributed by atoms with Gasteiger partial charge >= 0.3 is 0 Å². The average molecular weight is 504 g/mol. The van der Waals surface area contributed by atoms with Crippen molar-refractivity contribution in [3.05, 3.63) is 107 Å². The molecule has 0 aliphatic heterocycles. The Labute approximate surface area is 215 Å². The first-order valence-electron chi connectivity index (χ1n) is 11.4. The van der Waals surface area contributed by atoms with Crippen LogP contribution < -0.4 is 24.3 Å². The number of halogens is 1. The normalized spacial score (nSPS) is 10.4. The Bertz CT molecular complexity index is 1310. The molecular weight excluding hydrogens is 478 g/mol. The van der Waals surface area contributed by atoms with Crippen LogP contribution >= 0.6 is 11.6 Å². The van der Waals surface area contributed by atoms with Crippen LogP contribution in [0.1, 0.15) is 22.8 Å². The number of carbonyl (C=O) groups is 1. The van der Waals surface area contributed by atoms with Crippen molar-refractivity contribution < 1.29 is 23.7 Å².